The van der Waals surface area contributed by atoms with E-state index in [1.54, 1.807) is 7.11 Å². The first-order valence-electron chi connectivity index (χ1n) is 5.56. The van der Waals surface area contributed by atoms with Crippen molar-refractivity contribution >= 4 is 0 Å². The highest BCUT2D eigenvalue weighted by molar-refractivity contribution is 5.09. The Hall–Kier alpha value is -0.800. The molecule has 0 atom stereocenters. The fourth-order valence-corrected chi connectivity index (χ4v) is 1.44. The van der Waals surface area contributed by atoms with Crippen molar-refractivity contribution in [3.8, 4) is 0 Å². The smallest absolute Gasteiger partial charge is 0.0641 e. The van der Waals surface area contributed by atoms with Crippen LogP contribution in [0, 0.1) is 5.92 Å². The fourth-order valence-electron chi connectivity index (χ4n) is 1.44. The molecule has 1 N–H and O–H groups in total. The number of ether oxygens (including phenoxy) is 1. The molecule has 0 aromatic carbocycles. The minimum atomic E-state index is 0.709. The second-order valence-electron chi connectivity index (χ2n) is 4.28. The lowest BCUT2D eigenvalue weighted by molar-refractivity contribution is 0.187. The molecule has 86 valence electrons. The number of hydrogen-bond donors (Lipinski definition) is 1. The number of aromatic nitrogens is 1. The van der Waals surface area contributed by atoms with Gasteiger partial charge in [0, 0.05) is 32.6 Å². The van der Waals surface area contributed by atoms with Gasteiger partial charge < -0.3 is 14.6 Å². The van der Waals surface area contributed by atoms with Gasteiger partial charge in [0.2, 0.25) is 0 Å². The quantitative estimate of drug-likeness (QED) is 0.743. The van der Waals surface area contributed by atoms with Crippen molar-refractivity contribution in [3.63, 3.8) is 0 Å². The van der Waals surface area contributed by atoms with Crippen LogP contribution in [0.1, 0.15) is 19.4 Å². The van der Waals surface area contributed by atoms with Crippen molar-refractivity contribution in [1.29, 1.82) is 0 Å². The third kappa shape index (κ3) is 5.00. The van der Waals surface area contributed by atoms with Gasteiger partial charge in [-0.1, -0.05) is 13.8 Å². The summed E-state index contributed by atoms with van der Waals surface area (Å²) in [5, 5.41) is 3.43. The van der Waals surface area contributed by atoms with Crippen LogP contribution in [0.2, 0.25) is 0 Å². The minimum absolute atomic E-state index is 0.709. The number of methoxy groups -OCH3 is 1. The molecule has 3 nitrogen and oxygen atoms in total. The molecule has 0 amide bonds. The summed E-state index contributed by atoms with van der Waals surface area (Å²) in [5.74, 6) is 0.709. The normalized spacial score (nSPS) is 11.2. The Morgan fingerprint density at radius 1 is 1.47 bits per heavy atom. The van der Waals surface area contributed by atoms with Gasteiger partial charge in [-0.25, -0.2) is 0 Å². The van der Waals surface area contributed by atoms with E-state index in [9.17, 15) is 0 Å². The maximum absolute atomic E-state index is 5.03. The largest absolute Gasteiger partial charge is 0.383 e. The molecular formula is C12H22N2O. The van der Waals surface area contributed by atoms with Crippen LogP contribution < -0.4 is 5.32 Å². The second-order valence-corrected chi connectivity index (χ2v) is 4.28. The van der Waals surface area contributed by atoms with E-state index in [1.807, 2.05) is 0 Å². The Balaban J connectivity index is 2.26. The van der Waals surface area contributed by atoms with Gasteiger partial charge >= 0.3 is 0 Å². The van der Waals surface area contributed by atoms with Gasteiger partial charge in [-0.05, 0) is 24.1 Å². The van der Waals surface area contributed by atoms with E-state index in [-0.39, 0.29) is 0 Å². The van der Waals surface area contributed by atoms with E-state index in [1.165, 1.54) is 5.56 Å². The van der Waals surface area contributed by atoms with E-state index in [4.69, 9.17) is 4.74 Å². The summed E-state index contributed by atoms with van der Waals surface area (Å²) in [7, 11) is 1.73. The summed E-state index contributed by atoms with van der Waals surface area (Å²) in [5.41, 5.74) is 1.34. The van der Waals surface area contributed by atoms with E-state index >= 15 is 0 Å². The van der Waals surface area contributed by atoms with Gasteiger partial charge in [-0.15, -0.1) is 0 Å². The van der Waals surface area contributed by atoms with Crippen LogP contribution >= 0.6 is 0 Å². The predicted octanol–water partition coefficient (Wildman–Crippen LogP) is 1.88. The highest BCUT2D eigenvalue weighted by Crippen LogP contribution is 2.01. The molecule has 1 heterocycles. The van der Waals surface area contributed by atoms with Gasteiger partial charge in [0.05, 0.1) is 6.61 Å². The highest BCUT2D eigenvalue weighted by Gasteiger charge is 1.97. The third-order valence-electron chi connectivity index (χ3n) is 2.25. The first-order valence-corrected chi connectivity index (χ1v) is 5.56. The van der Waals surface area contributed by atoms with Crippen molar-refractivity contribution in [2.45, 2.75) is 26.9 Å². The van der Waals surface area contributed by atoms with Crippen LogP contribution in [-0.2, 0) is 17.8 Å². The molecular weight excluding hydrogens is 188 g/mol. The maximum atomic E-state index is 5.03. The zero-order valence-corrected chi connectivity index (χ0v) is 9.99. The Morgan fingerprint density at radius 3 is 2.93 bits per heavy atom. The SMILES string of the molecule is COCCn1ccc(CNCC(C)C)c1. The van der Waals surface area contributed by atoms with Crippen LogP contribution in [0.15, 0.2) is 18.5 Å². The Bertz CT molecular complexity index is 268. The second kappa shape index (κ2) is 6.64. The van der Waals surface area contributed by atoms with E-state index in [2.05, 4.69) is 42.2 Å². The molecule has 1 rings (SSSR count). The molecule has 15 heavy (non-hydrogen) atoms. The van der Waals surface area contributed by atoms with Crippen LogP contribution in [-0.4, -0.2) is 24.8 Å². The number of rotatable bonds is 7. The van der Waals surface area contributed by atoms with Crippen LogP contribution in [0.4, 0.5) is 0 Å². The van der Waals surface area contributed by atoms with Crippen molar-refractivity contribution in [2.75, 3.05) is 20.3 Å². The van der Waals surface area contributed by atoms with Gasteiger partial charge in [-0.3, -0.25) is 0 Å². The molecule has 0 aliphatic rings. The number of nitrogens with one attached hydrogen (secondary N) is 1. The molecule has 0 fully saturated rings. The van der Waals surface area contributed by atoms with Crippen molar-refractivity contribution in [3.05, 3.63) is 24.0 Å². The lowest BCUT2D eigenvalue weighted by Gasteiger charge is -2.05. The lowest BCUT2D eigenvalue weighted by Crippen LogP contribution is -2.18. The molecule has 0 bridgehead atoms. The Labute approximate surface area is 92.4 Å². The van der Waals surface area contributed by atoms with Crippen LogP contribution in [0.3, 0.4) is 0 Å². The molecule has 0 radical (unpaired) electrons. The fraction of sp³-hybridized carbons (Fsp3) is 0.667. The monoisotopic (exact) mass is 210 g/mol. The van der Waals surface area contributed by atoms with Crippen molar-refractivity contribution in [1.82, 2.24) is 9.88 Å². The van der Waals surface area contributed by atoms with Gasteiger partial charge in [0.25, 0.3) is 0 Å². The summed E-state index contributed by atoms with van der Waals surface area (Å²) >= 11 is 0. The Kier molecular flexibility index (Phi) is 5.43. The molecule has 3 heteroatoms. The zero-order chi connectivity index (χ0) is 11.1. The first kappa shape index (κ1) is 12.3. The average Bonchev–Trinajstić information content (AvgIpc) is 2.62. The van der Waals surface area contributed by atoms with E-state index in [0.29, 0.717) is 5.92 Å². The van der Waals surface area contributed by atoms with Crippen LogP contribution in [0.25, 0.3) is 0 Å². The summed E-state index contributed by atoms with van der Waals surface area (Å²) < 4.78 is 7.19. The van der Waals surface area contributed by atoms with Crippen molar-refractivity contribution in [2.24, 2.45) is 5.92 Å². The standard InChI is InChI=1S/C12H22N2O/c1-11(2)8-13-9-12-4-5-14(10-12)6-7-15-3/h4-5,10-11,13H,6-9H2,1-3H3. The van der Waals surface area contributed by atoms with Gasteiger partial charge in [0.1, 0.15) is 0 Å². The predicted molar refractivity (Wildman–Crippen MR) is 62.9 cm³/mol. The summed E-state index contributed by atoms with van der Waals surface area (Å²) in [4.78, 5) is 0. The summed E-state index contributed by atoms with van der Waals surface area (Å²) in [6.07, 6.45) is 4.28. The van der Waals surface area contributed by atoms with E-state index in [0.717, 1.165) is 26.2 Å². The topological polar surface area (TPSA) is 26.2 Å². The molecule has 1 aromatic heterocycles. The Morgan fingerprint density at radius 2 is 2.27 bits per heavy atom. The molecule has 1 aromatic rings. The van der Waals surface area contributed by atoms with Gasteiger partial charge in [0.15, 0.2) is 0 Å². The lowest BCUT2D eigenvalue weighted by atomic mass is 10.2. The first-order chi connectivity index (χ1) is 7.22. The van der Waals surface area contributed by atoms with Crippen molar-refractivity contribution < 1.29 is 4.74 Å². The number of nitrogens with zero attached hydrogens (tertiary/aromatic N) is 1. The molecule has 0 aliphatic carbocycles. The van der Waals surface area contributed by atoms with E-state index < -0.39 is 0 Å². The molecule has 0 spiro atoms. The third-order valence-corrected chi connectivity index (χ3v) is 2.25. The molecule has 0 aliphatic heterocycles. The summed E-state index contributed by atoms with van der Waals surface area (Å²) in [6, 6.07) is 2.16. The molecule has 0 saturated carbocycles. The average molecular weight is 210 g/mol. The molecule has 0 unspecified atom stereocenters. The zero-order valence-electron chi connectivity index (χ0n) is 9.99. The summed E-state index contributed by atoms with van der Waals surface area (Å²) in [6.45, 7) is 8.17. The van der Waals surface area contributed by atoms with Crippen LogP contribution in [0.5, 0.6) is 0 Å². The molecule has 0 saturated heterocycles. The minimum Gasteiger partial charge on any atom is -0.383 e. The highest BCUT2D eigenvalue weighted by atomic mass is 16.5. The van der Waals surface area contributed by atoms with Gasteiger partial charge in [-0.2, -0.15) is 0 Å². The maximum Gasteiger partial charge on any atom is 0.0641 e. The number of hydrogen-bond acceptors (Lipinski definition) is 2.